The molecule has 0 spiro atoms. The van der Waals surface area contributed by atoms with Crippen molar-refractivity contribution in [2.75, 3.05) is 23.3 Å². The van der Waals surface area contributed by atoms with Gasteiger partial charge >= 0.3 is 0 Å². The number of nitrogens with one attached hydrogen (secondary N) is 1. The van der Waals surface area contributed by atoms with Crippen molar-refractivity contribution in [2.45, 2.75) is 26.7 Å². The van der Waals surface area contributed by atoms with Crippen molar-refractivity contribution in [1.82, 2.24) is 15.0 Å². The summed E-state index contributed by atoms with van der Waals surface area (Å²) in [5, 5.41) is 4.21. The smallest absolute Gasteiger partial charge is 0.227 e. The normalized spacial score (nSPS) is 15.1. The SMILES string of the molecule is Cc1cccc(NC(=O)C2CCN(c3ncnc4c3sc3ncccc34)CC2)c1C. The van der Waals surface area contributed by atoms with Gasteiger partial charge in [-0.1, -0.05) is 12.1 Å². The Labute approximate surface area is 179 Å². The Morgan fingerprint density at radius 3 is 2.77 bits per heavy atom. The third kappa shape index (κ3) is 3.29. The van der Waals surface area contributed by atoms with Crippen LogP contribution < -0.4 is 10.2 Å². The van der Waals surface area contributed by atoms with Crippen LogP contribution in [0.1, 0.15) is 24.0 Å². The van der Waals surface area contributed by atoms with Crippen molar-refractivity contribution in [2.24, 2.45) is 5.92 Å². The summed E-state index contributed by atoms with van der Waals surface area (Å²) < 4.78 is 1.07. The number of aryl methyl sites for hydroxylation is 1. The maximum Gasteiger partial charge on any atom is 0.227 e. The number of hydrogen-bond donors (Lipinski definition) is 1. The van der Waals surface area contributed by atoms with Crippen LogP contribution in [0.5, 0.6) is 0 Å². The topological polar surface area (TPSA) is 71.0 Å². The lowest BCUT2D eigenvalue weighted by Gasteiger charge is -2.32. The number of nitrogens with zero attached hydrogens (tertiary/aromatic N) is 4. The van der Waals surface area contributed by atoms with Crippen molar-refractivity contribution in [3.05, 3.63) is 54.0 Å². The van der Waals surface area contributed by atoms with Crippen LogP contribution in [0.2, 0.25) is 0 Å². The molecule has 0 atom stereocenters. The molecule has 0 saturated carbocycles. The van der Waals surface area contributed by atoms with Crippen molar-refractivity contribution < 1.29 is 4.79 Å². The Morgan fingerprint density at radius 2 is 1.93 bits per heavy atom. The predicted molar refractivity (Wildman–Crippen MR) is 122 cm³/mol. The number of fused-ring (bicyclic) bond motifs is 3. The monoisotopic (exact) mass is 417 g/mol. The average Bonchev–Trinajstić information content (AvgIpc) is 3.16. The number of rotatable bonds is 3. The van der Waals surface area contributed by atoms with E-state index in [4.69, 9.17) is 0 Å². The lowest BCUT2D eigenvalue weighted by molar-refractivity contribution is -0.120. The molecule has 1 aromatic carbocycles. The summed E-state index contributed by atoms with van der Waals surface area (Å²) in [5.74, 6) is 1.08. The number of anilines is 2. The van der Waals surface area contributed by atoms with Crippen molar-refractivity contribution in [1.29, 1.82) is 0 Å². The number of thiophene rings is 1. The zero-order valence-corrected chi connectivity index (χ0v) is 17.9. The van der Waals surface area contributed by atoms with E-state index in [-0.39, 0.29) is 11.8 Å². The van der Waals surface area contributed by atoms with Gasteiger partial charge in [0.1, 0.15) is 17.0 Å². The van der Waals surface area contributed by atoms with Gasteiger partial charge in [0.25, 0.3) is 0 Å². The number of amides is 1. The maximum absolute atomic E-state index is 12.8. The van der Waals surface area contributed by atoms with E-state index in [1.807, 2.05) is 31.3 Å². The molecule has 0 aliphatic carbocycles. The molecule has 1 N–H and O–H groups in total. The first-order chi connectivity index (χ1) is 14.6. The number of aromatic nitrogens is 3. The van der Waals surface area contributed by atoms with E-state index in [1.54, 1.807) is 17.7 Å². The highest BCUT2D eigenvalue weighted by atomic mass is 32.1. The van der Waals surface area contributed by atoms with Crippen LogP contribution in [0.25, 0.3) is 20.4 Å². The second-order valence-electron chi connectivity index (χ2n) is 7.83. The number of carbonyl (C=O) groups excluding carboxylic acids is 1. The summed E-state index contributed by atoms with van der Waals surface area (Å²) >= 11 is 1.64. The van der Waals surface area contributed by atoms with Crippen LogP contribution >= 0.6 is 11.3 Å². The van der Waals surface area contributed by atoms with E-state index in [2.05, 4.69) is 44.2 Å². The molecule has 3 aromatic heterocycles. The predicted octanol–water partition coefficient (Wildman–Crippen LogP) is 4.71. The van der Waals surface area contributed by atoms with Crippen LogP contribution in [0.4, 0.5) is 11.5 Å². The Hall–Kier alpha value is -3.06. The van der Waals surface area contributed by atoms with Gasteiger partial charge in [-0.25, -0.2) is 15.0 Å². The number of pyridine rings is 1. The lowest BCUT2D eigenvalue weighted by atomic mass is 9.95. The minimum atomic E-state index is 0.0163. The summed E-state index contributed by atoms with van der Waals surface area (Å²) in [6.07, 6.45) is 5.07. The first-order valence-electron chi connectivity index (χ1n) is 10.2. The Bertz CT molecular complexity index is 1240. The van der Waals surface area contributed by atoms with Gasteiger partial charge in [-0.3, -0.25) is 4.79 Å². The Balaban J connectivity index is 1.32. The zero-order chi connectivity index (χ0) is 20.7. The highest BCUT2D eigenvalue weighted by Crippen LogP contribution is 2.37. The van der Waals surface area contributed by atoms with Crippen LogP contribution in [0, 0.1) is 19.8 Å². The molecule has 1 aliphatic rings. The van der Waals surface area contributed by atoms with Crippen LogP contribution in [0.3, 0.4) is 0 Å². The molecule has 6 nitrogen and oxygen atoms in total. The van der Waals surface area contributed by atoms with E-state index < -0.39 is 0 Å². The maximum atomic E-state index is 12.8. The largest absolute Gasteiger partial charge is 0.355 e. The molecule has 1 amide bonds. The van der Waals surface area contributed by atoms with Crippen LogP contribution in [-0.2, 0) is 4.79 Å². The van der Waals surface area contributed by atoms with Gasteiger partial charge in [0.2, 0.25) is 5.91 Å². The molecule has 1 saturated heterocycles. The number of hydrogen-bond acceptors (Lipinski definition) is 6. The van der Waals surface area contributed by atoms with E-state index in [9.17, 15) is 4.79 Å². The molecule has 0 unspecified atom stereocenters. The third-order valence-electron chi connectivity index (χ3n) is 6.04. The second kappa shape index (κ2) is 7.65. The summed E-state index contributed by atoms with van der Waals surface area (Å²) in [4.78, 5) is 29.7. The molecule has 4 aromatic rings. The Morgan fingerprint density at radius 1 is 1.10 bits per heavy atom. The fraction of sp³-hybridized carbons (Fsp3) is 0.304. The summed E-state index contributed by atoms with van der Waals surface area (Å²) in [6, 6.07) is 10.0. The molecule has 4 heterocycles. The molecule has 1 fully saturated rings. The number of benzene rings is 1. The molecule has 5 rings (SSSR count). The highest BCUT2D eigenvalue weighted by Gasteiger charge is 2.27. The second-order valence-corrected chi connectivity index (χ2v) is 8.83. The summed E-state index contributed by atoms with van der Waals surface area (Å²) in [7, 11) is 0. The minimum absolute atomic E-state index is 0.0163. The van der Waals surface area contributed by atoms with Gasteiger partial charge in [0, 0.05) is 36.3 Å². The van der Waals surface area contributed by atoms with Gasteiger partial charge in [0.15, 0.2) is 0 Å². The minimum Gasteiger partial charge on any atom is -0.355 e. The molecule has 7 heteroatoms. The third-order valence-corrected chi connectivity index (χ3v) is 7.14. The van der Waals surface area contributed by atoms with Gasteiger partial charge in [-0.15, -0.1) is 11.3 Å². The van der Waals surface area contributed by atoms with E-state index >= 15 is 0 Å². The molecule has 152 valence electrons. The van der Waals surface area contributed by atoms with Gasteiger partial charge in [-0.2, -0.15) is 0 Å². The van der Waals surface area contributed by atoms with Gasteiger partial charge < -0.3 is 10.2 Å². The van der Waals surface area contributed by atoms with Crippen molar-refractivity contribution >= 4 is 49.2 Å². The van der Waals surface area contributed by atoms with Gasteiger partial charge in [0.05, 0.1) is 10.2 Å². The molecule has 1 aliphatic heterocycles. The molecule has 0 radical (unpaired) electrons. The van der Waals surface area contributed by atoms with E-state index in [0.29, 0.717) is 0 Å². The molecular weight excluding hydrogens is 394 g/mol. The van der Waals surface area contributed by atoms with E-state index in [1.165, 1.54) is 5.56 Å². The average molecular weight is 418 g/mol. The summed E-state index contributed by atoms with van der Waals surface area (Å²) in [6.45, 7) is 5.72. The number of carbonyl (C=O) groups is 1. The van der Waals surface area contributed by atoms with Crippen LogP contribution in [-0.4, -0.2) is 33.9 Å². The number of piperidine rings is 1. The van der Waals surface area contributed by atoms with E-state index in [0.717, 1.165) is 63.4 Å². The van der Waals surface area contributed by atoms with Crippen molar-refractivity contribution in [3.63, 3.8) is 0 Å². The molecular formula is C23H23N5OS. The van der Waals surface area contributed by atoms with Gasteiger partial charge in [-0.05, 0) is 56.0 Å². The summed E-state index contributed by atoms with van der Waals surface area (Å²) in [5.41, 5.74) is 4.19. The first-order valence-corrected chi connectivity index (χ1v) is 11.0. The fourth-order valence-electron chi connectivity index (χ4n) is 4.10. The fourth-order valence-corrected chi connectivity index (χ4v) is 5.21. The lowest BCUT2D eigenvalue weighted by Crippen LogP contribution is -2.38. The molecule has 0 bridgehead atoms. The van der Waals surface area contributed by atoms with Crippen LogP contribution in [0.15, 0.2) is 42.9 Å². The van der Waals surface area contributed by atoms with Crippen molar-refractivity contribution in [3.8, 4) is 0 Å². The Kier molecular flexibility index (Phi) is 4.83. The zero-order valence-electron chi connectivity index (χ0n) is 17.1. The standard InChI is InChI=1S/C23H23N5OS/c1-14-5-3-7-18(15(14)2)27-22(29)16-8-11-28(12-9-16)21-20-19(25-13-26-21)17-6-4-10-24-23(17)30-20/h3-7,10,13,16H,8-9,11-12H2,1-2H3,(H,27,29). The highest BCUT2D eigenvalue weighted by molar-refractivity contribution is 7.25. The molecule has 30 heavy (non-hydrogen) atoms. The first kappa shape index (κ1) is 18.9. The quantitative estimate of drug-likeness (QED) is 0.523.